The molecule has 8 heteroatoms. The van der Waals surface area contributed by atoms with Gasteiger partial charge in [0.15, 0.2) is 0 Å². The van der Waals surface area contributed by atoms with Gasteiger partial charge in [-0.25, -0.2) is 0 Å². The van der Waals surface area contributed by atoms with Gasteiger partial charge in [-0.1, -0.05) is 5.92 Å². The summed E-state index contributed by atoms with van der Waals surface area (Å²) in [4.78, 5) is 47.6. The predicted molar refractivity (Wildman–Crippen MR) is 120 cm³/mol. The van der Waals surface area contributed by atoms with E-state index in [0.29, 0.717) is 26.2 Å². The van der Waals surface area contributed by atoms with Crippen LogP contribution in [0.5, 0.6) is 0 Å². The van der Waals surface area contributed by atoms with E-state index in [9.17, 15) is 19.2 Å². The molecule has 0 aromatic rings. The van der Waals surface area contributed by atoms with Gasteiger partial charge in [0.25, 0.3) is 0 Å². The fraction of sp³-hybridized carbons (Fsp3) is 0.750. The molecule has 8 nitrogen and oxygen atoms in total. The summed E-state index contributed by atoms with van der Waals surface area (Å²) < 4.78 is 0. The number of amides is 4. The Morgan fingerprint density at radius 3 is 1.16 bits per heavy atom. The van der Waals surface area contributed by atoms with E-state index in [1.165, 1.54) is 20.8 Å². The number of hydrogen-bond acceptors (Lipinski definition) is 4. The monoisotopic (exact) mass is 444 g/mol. The minimum atomic E-state index is -0.172. The van der Waals surface area contributed by atoms with Gasteiger partial charge < -0.3 is 21.3 Å². The van der Waals surface area contributed by atoms with Crippen LogP contribution in [0.15, 0.2) is 0 Å². The first-order valence-electron chi connectivity index (χ1n) is 11.4. The highest BCUT2D eigenvalue weighted by Gasteiger charge is 2.67. The predicted octanol–water partition coefficient (Wildman–Crippen LogP) is 0.861. The molecule has 4 aliphatic rings. The van der Waals surface area contributed by atoms with Gasteiger partial charge in [0.05, 0.1) is 6.42 Å². The molecule has 32 heavy (non-hydrogen) atoms. The van der Waals surface area contributed by atoms with E-state index >= 15 is 0 Å². The normalized spacial score (nSPS) is 34.3. The Bertz CT molecular complexity index is 754. The molecule has 0 radical (unpaired) electrons. The highest BCUT2D eigenvalue weighted by Crippen LogP contribution is 2.73. The maximum absolute atomic E-state index is 12.2. The van der Waals surface area contributed by atoms with Crippen LogP contribution in [-0.2, 0) is 19.2 Å². The van der Waals surface area contributed by atoms with E-state index in [0.717, 1.165) is 38.5 Å². The average Bonchev–Trinajstić information content (AvgIpc) is 2.68. The summed E-state index contributed by atoms with van der Waals surface area (Å²) >= 11 is 0. The van der Waals surface area contributed by atoms with E-state index in [1.54, 1.807) is 0 Å². The van der Waals surface area contributed by atoms with Crippen molar-refractivity contribution in [1.29, 1.82) is 0 Å². The number of rotatable bonds is 9. The summed E-state index contributed by atoms with van der Waals surface area (Å²) in [6, 6.07) is 0. The Labute approximate surface area is 190 Å². The molecule has 4 saturated carbocycles. The van der Waals surface area contributed by atoms with Gasteiger partial charge in [0, 0.05) is 47.0 Å². The second-order valence-electron chi connectivity index (χ2n) is 10.9. The topological polar surface area (TPSA) is 116 Å². The van der Waals surface area contributed by atoms with Crippen molar-refractivity contribution >= 4 is 23.6 Å². The molecule has 4 amide bonds. The molecule has 0 aromatic carbocycles. The number of hydrogen-bond donors (Lipinski definition) is 4. The number of nitrogens with one attached hydrogen (secondary N) is 4. The SMILES string of the molecule is C#CCC(=O)NCC12CC3(CNC(C)=O)CC(CNC(C)=O)(CC(CNC(C)=O)(C3)C1)C2. The molecule has 4 N–H and O–H groups in total. The third kappa shape index (κ3) is 5.25. The minimum absolute atomic E-state index is 0.0428. The Balaban J connectivity index is 1.97. The van der Waals surface area contributed by atoms with Gasteiger partial charge in [-0.3, -0.25) is 19.2 Å². The zero-order chi connectivity index (χ0) is 23.6. The van der Waals surface area contributed by atoms with E-state index in [1.807, 2.05) is 0 Å². The molecule has 0 heterocycles. The molecule has 4 aliphatic carbocycles. The second-order valence-corrected chi connectivity index (χ2v) is 10.9. The van der Waals surface area contributed by atoms with E-state index in [-0.39, 0.29) is 51.7 Å². The molecule has 0 aliphatic heterocycles. The lowest BCUT2D eigenvalue weighted by atomic mass is 9.35. The lowest BCUT2D eigenvalue weighted by Gasteiger charge is -2.71. The number of carbonyl (C=O) groups excluding carboxylic acids is 4. The van der Waals surface area contributed by atoms with Crippen LogP contribution in [0.4, 0.5) is 0 Å². The molecular weight excluding hydrogens is 408 g/mol. The van der Waals surface area contributed by atoms with Crippen molar-refractivity contribution in [3.8, 4) is 12.3 Å². The lowest BCUT2D eigenvalue weighted by Crippen LogP contribution is -2.68. The molecule has 176 valence electrons. The molecule has 0 atom stereocenters. The van der Waals surface area contributed by atoms with Gasteiger partial charge in [-0.2, -0.15) is 0 Å². The van der Waals surface area contributed by atoms with E-state index in [2.05, 4.69) is 27.2 Å². The standard InChI is InChI=1S/C24H36N4O4/c1-5-6-20(32)28-16-24-10-21(13-25-17(2)29)7-22(11-24,14-26-18(3)30)9-23(8-21,12-24)15-27-19(4)31/h1H,6-16H2,2-4H3,(H,25,29)(H,26,30)(H,27,31)(H,28,32). The Kier molecular flexibility index (Phi) is 6.60. The highest BCUT2D eigenvalue weighted by atomic mass is 16.2. The Morgan fingerprint density at radius 1 is 0.625 bits per heavy atom. The largest absolute Gasteiger partial charge is 0.356 e. The summed E-state index contributed by atoms with van der Waals surface area (Å²) in [7, 11) is 0. The van der Waals surface area contributed by atoms with Crippen LogP contribution in [-0.4, -0.2) is 49.8 Å². The first-order valence-corrected chi connectivity index (χ1v) is 11.4. The lowest BCUT2D eigenvalue weighted by molar-refractivity contribution is -0.197. The molecule has 0 unspecified atom stereocenters. The zero-order valence-electron chi connectivity index (χ0n) is 19.5. The number of carbonyl (C=O) groups is 4. The van der Waals surface area contributed by atoms with E-state index < -0.39 is 0 Å². The van der Waals surface area contributed by atoms with Crippen molar-refractivity contribution in [3.63, 3.8) is 0 Å². The van der Waals surface area contributed by atoms with Crippen LogP contribution in [0.25, 0.3) is 0 Å². The second kappa shape index (κ2) is 8.76. The Hall–Kier alpha value is -2.56. The minimum Gasteiger partial charge on any atom is -0.356 e. The smallest absolute Gasteiger partial charge is 0.232 e. The molecule has 0 spiro atoms. The van der Waals surface area contributed by atoms with Crippen LogP contribution in [0.2, 0.25) is 0 Å². The maximum atomic E-state index is 12.2. The van der Waals surface area contributed by atoms with Crippen molar-refractivity contribution in [2.75, 3.05) is 26.2 Å². The molecule has 4 fully saturated rings. The van der Waals surface area contributed by atoms with Crippen molar-refractivity contribution < 1.29 is 19.2 Å². The third-order valence-electron chi connectivity index (χ3n) is 7.56. The summed E-state index contributed by atoms with van der Waals surface area (Å²) in [6.45, 7) is 6.77. The summed E-state index contributed by atoms with van der Waals surface area (Å²) in [5.41, 5.74) is -0.606. The molecular formula is C24H36N4O4. The van der Waals surface area contributed by atoms with Gasteiger partial charge in [0.1, 0.15) is 0 Å². The fourth-order valence-corrected chi connectivity index (χ4v) is 7.65. The molecule has 0 aromatic heterocycles. The highest BCUT2D eigenvalue weighted by molar-refractivity contribution is 5.78. The quantitative estimate of drug-likeness (QED) is 0.395. The van der Waals surface area contributed by atoms with Crippen LogP contribution in [0, 0.1) is 34.0 Å². The Morgan fingerprint density at radius 2 is 0.906 bits per heavy atom. The molecule has 4 rings (SSSR count). The summed E-state index contributed by atoms with van der Waals surface area (Å²) in [5, 5.41) is 12.2. The van der Waals surface area contributed by atoms with Crippen molar-refractivity contribution in [1.82, 2.24) is 21.3 Å². The van der Waals surface area contributed by atoms with E-state index in [4.69, 9.17) is 6.42 Å². The van der Waals surface area contributed by atoms with Gasteiger partial charge in [0.2, 0.25) is 23.6 Å². The van der Waals surface area contributed by atoms with Crippen LogP contribution in [0.3, 0.4) is 0 Å². The zero-order valence-corrected chi connectivity index (χ0v) is 19.5. The van der Waals surface area contributed by atoms with Crippen molar-refractivity contribution in [2.45, 2.75) is 65.7 Å². The maximum Gasteiger partial charge on any atom is 0.232 e. The fourth-order valence-electron chi connectivity index (χ4n) is 7.65. The summed E-state index contributed by atoms with van der Waals surface area (Å²) in [6.07, 6.45) is 10.7. The van der Waals surface area contributed by atoms with Crippen molar-refractivity contribution in [2.24, 2.45) is 21.7 Å². The number of terminal acetylenes is 1. The first kappa shape index (κ1) is 24.1. The van der Waals surface area contributed by atoms with Gasteiger partial charge in [-0.15, -0.1) is 6.42 Å². The first-order chi connectivity index (χ1) is 14.9. The van der Waals surface area contributed by atoms with Gasteiger partial charge >= 0.3 is 0 Å². The van der Waals surface area contributed by atoms with Crippen LogP contribution >= 0.6 is 0 Å². The molecule has 0 saturated heterocycles. The van der Waals surface area contributed by atoms with Crippen molar-refractivity contribution in [3.05, 3.63) is 0 Å². The summed E-state index contributed by atoms with van der Waals surface area (Å²) in [5.74, 6) is 2.03. The average molecular weight is 445 g/mol. The van der Waals surface area contributed by atoms with Gasteiger partial charge in [-0.05, 0) is 60.2 Å². The van der Waals surface area contributed by atoms with Crippen LogP contribution < -0.4 is 21.3 Å². The van der Waals surface area contributed by atoms with Crippen LogP contribution in [0.1, 0.15) is 65.7 Å². The molecule has 4 bridgehead atoms. The third-order valence-corrected chi connectivity index (χ3v) is 7.56.